The molecule has 0 unspecified atom stereocenters. The van der Waals surface area contributed by atoms with Crippen molar-refractivity contribution >= 4 is 16.7 Å². The third kappa shape index (κ3) is 4.37. The largest absolute Gasteiger partial charge is 0.372 e. The van der Waals surface area contributed by atoms with Crippen LogP contribution in [0.3, 0.4) is 0 Å². The normalized spacial score (nSPS) is 11.3. The number of rotatable bonds is 8. The summed E-state index contributed by atoms with van der Waals surface area (Å²) in [4.78, 5) is 27.8. The summed E-state index contributed by atoms with van der Waals surface area (Å²) in [6.07, 6.45) is 9.56. The van der Waals surface area contributed by atoms with E-state index in [4.69, 9.17) is 0 Å². The molecule has 0 bridgehead atoms. The minimum Gasteiger partial charge on any atom is -0.372 e. The van der Waals surface area contributed by atoms with Gasteiger partial charge >= 0.3 is 5.69 Å². The topological polar surface area (TPSA) is 71.7 Å². The van der Waals surface area contributed by atoms with E-state index < -0.39 is 0 Å². The Labute approximate surface area is 204 Å². The van der Waals surface area contributed by atoms with E-state index >= 15 is 0 Å². The lowest BCUT2D eigenvalue weighted by Gasteiger charge is -2.24. The number of hydrogen-bond acceptors (Lipinski definition) is 4. The van der Waals surface area contributed by atoms with Crippen LogP contribution in [0.25, 0.3) is 39.2 Å². The van der Waals surface area contributed by atoms with Crippen LogP contribution < -0.4 is 10.6 Å². The van der Waals surface area contributed by atoms with Gasteiger partial charge in [-0.05, 0) is 66.9 Å². The second-order valence-electron chi connectivity index (χ2n) is 8.82. The summed E-state index contributed by atoms with van der Waals surface area (Å²) in [5.41, 5.74) is 6.24. The Morgan fingerprint density at radius 3 is 2.46 bits per heavy atom. The number of imidazole rings is 1. The van der Waals surface area contributed by atoms with Gasteiger partial charge in [-0.15, -0.1) is 0 Å². The van der Waals surface area contributed by atoms with Gasteiger partial charge in [0.15, 0.2) is 0 Å². The van der Waals surface area contributed by atoms with Gasteiger partial charge in [0, 0.05) is 61.6 Å². The first kappa shape index (κ1) is 22.7. The number of benzene rings is 1. The van der Waals surface area contributed by atoms with Crippen molar-refractivity contribution in [1.82, 2.24) is 24.1 Å². The van der Waals surface area contributed by atoms with Gasteiger partial charge in [-0.25, -0.2) is 9.78 Å². The van der Waals surface area contributed by atoms with Crippen LogP contribution in [0.1, 0.15) is 26.7 Å². The van der Waals surface area contributed by atoms with Crippen LogP contribution in [-0.4, -0.2) is 37.2 Å². The monoisotopic (exact) mass is 466 g/mol. The first-order chi connectivity index (χ1) is 17.1. The Kier molecular flexibility index (Phi) is 6.23. The van der Waals surface area contributed by atoms with E-state index in [-0.39, 0.29) is 5.69 Å². The van der Waals surface area contributed by atoms with Gasteiger partial charge in [0.25, 0.3) is 0 Å². The molecule has 0 saturated carbocycles. The second kappa shape index (κ2) is 9.62. The number of nitrogens with one attached hydrogen (secondary N) is 1. The van der Waals surface area contributed by atoms with Crippen molar-refractivity contribution in [2.45, 2.75) is 26.7 Å². The van der Waals surface area contributed by atoms with Crippen LogP contribution in [0.4, 0.5) is 5.69 Å². The Morgan fingerprint density at radius 1 is 0.943 bits per heavy atom. The van der Waals surface area contributed by atoms with Crippen molar-refractivity contribution in [3.05, 3.63) is 83.8 Å². The summed E-state index contributed by atoms with van der Waals surface area (Å²) in [6.45, 7) is 6.43. The molecule has 0 atom stereocenters. The van der Waals surface area contributed by atoms with Crippen LogP contribution in [0.2, 0.25) is 0 Å². The molecule has 1 N–H and O–H groups in total. The van der Waals surface area contributed by atoms with Crippen molar-refractivity contribution in [1.29, 1.82) is 0 Å². The predicted octanol–water partition coefficient (Wildman–Crippen LogP) is 5.41. The highest BCUT2D eigenvalue weighted by Crippen LogP contribution is 2.27. The van der Waals surface area contributed by atoms with Gasteiger partial charge in [-0.2, -0.15) is 0 Å². The van der Waals surface area contributed by atoms with Gasteiger partial charge in [-0.1, -0.05) is 13.8 Å². The van der Waals surface area contributed by atoms with Gasteiger partial charge in [-0.3, -0.25) is 9.55 Å². The fourth-order valence-corrected chi connectivity index (χ4v) is 4.56. The predicted molar refractivity (Wildman–Crippen MR) is 142 cm³/mol. The van der Waals surface area contributed by atoms with E-state index in [1.165, 1.54) is 5.69 Å². The number of aryl methyl sites for hydroxylation is 1. The van der Waals surface area contributed by atoms with E-state index in [0.717, 1.165) is 65.2 Å². The Morgan fingerprint density at radius 2 is 1.71 bits per heavy atom. The molecule has 35 heavy (non-hydrogen) atoms. The molecule has 4 heterocycles. The zero-order valence-corrected chi connectivity index (χ0v) is 20.4. The third-order valence-corrected chi connectivity index (χ3v) is 6.27. The molecule has 0 saturated heterocycles. The smallest absolute Gasteiger partial charge is 0.333 e. The zero-order chi connectivity index (χ0) is 24.4. The molecule has 4 aromatic heterocycles. The average Bonchev–Trinajstić information content (AvgIpc) is 3.48. The zero-order valence-electron chi connectivity index (χ0n) is 20.4. The summed E-state index contributed by atoms with van der Waals surface area (Å²) in [5.74, 6) is 0. The van der Waals surface area contributed by atoms with E-state index in [9.17, 15) is 4.79 Å². The maximum absolute atomic E-state index is 13.1. The Bertz CT molecular complexity index is 1500. The number of aromatic nitrogens is 5. The van der Waals surface area contributed by atoms with Crippen LogP contribution in [0.15, 0.2) is 78.1 Å². The molecular weight excluding hydrogens is 436 g/mol. The number of hydrogen-bond donors (Lipinski definition) is 1. The highest BCUT2D eigenvalue weighted by Gasteiger charge is 2.16. The van der Waals surface area contributed by atoms with Gasteiger partial charge in [0.05, 0.1) is 17.1 Å². The molecule has 0 aliphatic carbocycles. The number of pyridine rings is 2. The highest BCUT2D eigenvalue weighted by atomic mass is 16.1. The van der Waals surface area contributed by atoms with Crippen LogP contribution in [-0.2, 0) is 7.05 Å². The molecule has 0 spiro atoms. The van der Waals surface area contributed by atoms with Crippen LogP contribution in [0, 0.1) is 0 Å². The van der Waals surface area contributed by atoms with Gasteiger partial charge in [0.2, 0.25) is 0 Å². The lowest BCUT2D eigenvalue weighted by atomic mass is 10.1. The molecule has 0 radical (unpaired) electrons. The summed E-state index contributed by atoms with van der Waals surface area (Å²) in [6, 6.07) is 16.3. The minimum absolute atomic E-state index is 0.102. The molecule has 5 rings (SSSR count). The lowest BCUT2D eigenvalue weighted by Crippen LogP contribution is -2.25. The van der Waals surface area contributed by atoms with Crippen molar-refractivity contribution in [2.24, 2.45) is 7.05 Å². The number of nitrogens with zero attached hydrogens (tertiary/aromatic N) is 5. The molecule has 0 aliphatic heterocycles. The van der Waals surface area contributed by atoms with Crippen molar-refractivity contribution in [2.75, 3.05) is 18.0 Å². The highest BCUT2D eigenvalue weighted by molar-refractivity contribution is 5.82. The molecule has 0 fully saturated rings. The van der Waals surface area contributed by atoms with E-state index in [2.05, 4.69) is 51.9 Å². The van der Waals surface area contributed by atoms with E-state index in [0.29, 0.717) is 0 Å². The average molecular weight is 467 g/mol. The maximum atomic E-state index is 13.1. The summed E-state index contributed by atoms with van der Waals surface area (Å²) < 4.78 is 3.33. The SMILES string of the molecule is CCCN(CCC)c1ccc(-n2c(-c3cc(-c4cnc5[nH]ccc5c4)ccn3)cn(C)c2=O)cc1. The Balaban J connectivity index is 1.54. The molecular formula is C28H30N6O. The van der Waals surface area contributed by atoms with Crippen molar-refractivity contribution in [3.8, 4) is 28.2 Å². The number of fused-ring (bicyclic) bond motifs is 1. The Hall–Kier alpha value is -4.13. The third-order valence-electron chi connectivity index (χ3n) is 6.27. The molecule has 0 aliphatic rings. The molecule has 178 valence electrons. The standard InChI is InChI=1S/C28H30N6O/c1-4-14-33(15-5-2)23-6-8-24(9-7-23)34-26(19-32(3)28(34)35)25-17-20(10-12-29-25)22-16-21-11-13-30-27(21)31-18-22/h6-13,16-19H,4-5,14-15H2,1-3H3,(H,30,31). The summed E-state index contributed by atoms with van der Waals surface area (Å²) in [7, 11) is 1.77. The molecule has 1 aromatic carbocycles. The minimum atomic E-state index is -0.102. The molecule has 7 heteroatoms. The first-order valence-corrected chi connectivity index (χ1v) is 12.1. The van der Waals surface area contributed by atoms with Gasteiger partial charge < -0.3 is 14.5 Å². The summed E-state index contributed by atoms with van der Waals surface area (Å²) in [5, 5.41) is 1.05. The van der Waals surface area contributed by atoms with Crippen LogP contribution in [0.5, 0.6) is 0 Å². The number of aromatic amines is 1. The molecule has 0 amide bonds. The van der Waals surface area contributed by atoms with Crippen LogP contribution >= 0.6 is 0 Å². The van der Waals surface area contributed by atoms with E-state index in [1.54, 1.807) is 22.4 Å². The maximum Gasteiger partial charge on any atom is 0.333 e. The quantitative estimate of drug-likeness (QED) is 0.332. The fourth-order valence-electron chi connectivity index (χ4n) is 4.56. The van der Waals surface area contributed by atoms with Gasteiger partial charge in [0.1, 0.15) is 5.65 Å². The number of H-pyrrole nitrogens is 1. The fraction of sp³-hybridized carbons (Fsp3) is 0.250. The van der Waals surface area contributed by atoms with E-state index in [1.807, 2.05) is 48.9 Å². The second-order valence-corrected chi connectivity index (χ2v) is 8.82. The molecule has 5 aromatic rings. The van der Waals surface area contributed by atoms with Crippen molar-refractivity contribution < 1.29 is 0 Å². The van der Waals surface area contributed by atoms with Crippen molar-refractivity contribution in [3.63, 3.8) is 0 Å². The number of anilines is 1. The lowest BCUT2D eigenvalue weighted by molar-refractivity contribution is 0.744. The first-order valence-electron chi connectivity index (χ1n) is 12.1. The summed E-state index contributed by atoms with van der Waals surface area (Å²) >= 11 is 0. The molecule has 7 nitrogen and oxygen atoms in total.